The van der Waals surface area contributed by atoms with E-state index in [1.807, 2.05) is 12.2 Å². The van der Waals surface area contributed by atoms with Crippen LogP contribution in [-0.2, 0) is 9.47 Å². The summed E-state index contributed by atoms with van der Waals surface area (Å²) < 4.78 is 10.5. The van der Waals surface area contributed by atoms with E-state index in [1.54, 1.807) is 20.2 Å². The fraction of sp³-hybridized carbons (Fsp3) is 0.583. The van der Waals surface area contributed by atoms with Crippen molar-refractivity contribution in [2.45, 2.75) is 6.92 Å². The first-order valence-corrected chi connectivity index (χ1v) is 5.06. The van der Waals surface area contributed by atoms with Gasteiger partial charge in [-0.3, -0.25) is 4.99 Å². The van der Waals surface area contributed by atoms with Crippen molar-refractivity contribution in [1.82, 2.24) is 0 Å². The smallest absolute Gasteiger partial charge is 0.0883 e. The van der Waals surface area contributed by atoms with E-state index in [0.29, 0.717) is 19.1 Å². The number of aliphatic imine (C=N–C) groups is 1. The zero-order valence-electron chi connectivity index (χ0n) is 9.90. The summed E-state index contributed by atoms with van der Waals surface area (Å²) in [6.45, 7) is 7.64. The second kappa shape index (κ2) is 9.62. The predicted octanol–water partition coefficient (Wildman–Crippen LogP) is 2.10. The van der Waals surface area contributed by atoms with Crippen molar-refractivity contribution in [3.8, 4) is 0 Å². The van der Waals surface area contributed by atoms with Crippen LogP contribution in [-0.4, -0.2) is 39.7 Å². The standard InChI is InChI=1S/C12H21NO2/c1-5-6-7-12(13-3)10-15-9-11(2)8-14-4/h5-7,11H,1,8-10H2,2-4H3/b7-6-,13-12?. The van der Waals surface area contributed by atoms with Gasteiger partial charge in [0.25, 0.3) is 0 Å². The summed E-state index contributed by atoms with van der Waals surface area (Å²) in [5.74, 6) is 0.413. The summed E-state index contributed by atoms with van der Waals surface area (Å²) >= 11 is 0. The van der Waals surface area contributed by atoms with Gasteiger partial charge in [-0.1, -0.05) is 25.7 Å². The number of ether oxygens (including phenoxy) is 2. The van der Waals surface area contributed by atoms with Gasteiger partial charge < -0.3 is 9.47 Å². The maximum Gasteiger partial charge on any atom is 0.0883 e. The molecule has 0 saturated carbocycles. The minimum atomic E-state index is 0.413. The van der Waals surface area contributed by atoms with E-state index in [2.05, 4.69) is 18.5 Å². The molecule has 0 bridgehead atoms. The molecule has 0 rings (SSSR count). The number of hydrogen-bond donors (Lipinski definition) is 0. The average molecular weight is 211 g/mol. The first-order valence-electron chi connectivity index (χ1n) is 5.06. The van der Waals surface area contributed by atoms with Crippen molar-refractivity contribution in [2.75, 3.05) is 34.0 Å². The van der Waals surface area contributed by atoms with Crippen molar-refractivity contribution in [2.24, 2.45) is 10.9 Å². The predicted molar refractivity (Wildman–Crippen MR) is 64.6 cm³/mol. The Labute approximate surface area is 92.5 Å². The third-order valence-corrected chi connectivity index (χ3v) is 1.82. The number of nitrogens with zero attached hydrogens (tertiary/aromatic N) is 1. The molecule has 0 saturated heterocycles. The molecule has 0 aromatic heterocycles. The van der Waals surface area contributed by atoms with Gasteiger partial charge in [-0.05, 0) is 6.08 Å². The van der Waals surface area contributed by atoms with Crippen LogP contribution in [0.25, 0.3) is 0 Å². The SMILES string of the molecule is C=C/C=C\C(COCC(C)COC)=NC. The van der Waals surface area contributed by atoms with Crippen LogP contribution in [0.4, 0.5) is 0 Å². The van der Waals surface area contributed by atoms with Gasteiger partial charge in [-0.25, -0.2) is 0 Å². The average Bonchev–Trinajstić information content (AvgIpc) is 2.23. The first-order chi connectivity index (χ1) is 7.24. The quantitative estimate of drug-likeness (QED) is 0.455. The van der Waals surface area contributed by atoms with Crippen molar-refractivity contribution < 1.29 is 9.47 Å². The third-order valence-electron chi connectivity index (χ3n) is 1.82. The van der Waals surface area contributed by atoms with Crippen molar-refractivity contribution in [3.63, 3.8) is 0 Å². The van der Waals surface area contributed by atoms with Crippen LogP contribution in [0.3, 0.4) is 0 Å². The van der Waals surface area contributed by atoms with Crippen LogP contribution < -0.4 is 0 Å². The minimum Gasteiger partial charge on any atom is -0.384 e. The highest BCUT2D eigenvalue weighted by Crippen LogP contribution is 1.96. The lowest BCUT2D eigenvalue weighted by atomic mass is 10.2. The highest BCUT2D eigenvalue weighted by atomic mass is 16.5. The number of allylic oxidation sites excluding steroid dienone is 2. The Morgan fingerprint density at radius 3 is 2.73 bits per heavy atom. The molecule has 0 aromatic rings. The topological polar surface area (TPSA) is 30.8 Å². The van der Waals surface area contributed by atoms with Crippen LogP contribution in [0, 0.1) is 5.92 Å². The fourth-order valence-corrected chi connectivity index (χ4v) is 1.06. The van der Waals surface area contributed by atoms with Crippen molar-refractivity contribution >= 4 is 5.71 Å². The third kappa shape index (κ3) is 8.09. The van der Waals surface area contributed by atoms with E-state index in [9.17, 15) is 0 Å². The van der Waals surface area contributed by atoms with Crippen molar-refractivity contribution in [3.05, 3.63) is 24.8 Å². The number of hydrogen-bond acceptors (Lipinski definition) is 3. The van der Waals surface area contributed by atoms with Crippen LogP contribution in [0.2, 0.25) is 0 Å². The molecule has 1 unspecified atom stereocenters. The van der Waals surface area contributed by atoms with Crippen LogP contribution in [0.5, 0.6) is 0 Å². The molecule has 0 aromatic carbocycles. The van der Waals surface area contributed by atoms with E-state index in [0.717, 1.165) is 12.3 Å². The Bertz CT molecular complexity index is 222. The van der Waals surface area contributed by atoms with Gasteiger partial charge >= 0.3 is 0 Å². The molecule has 0 amide bonds. The Balaban J connectivity index is 3.73. The molecule has 0 radical (unpaired) electrons. The van der Waals surface area contributed by atoms with Crippen LogP contribution >= 0.6 is 0 Å². The normalized spacial score (nSPS) is 14.5. The molecule has 15 heavy (non-hydrogen) atoms. The molecule has 86 valence electrons. The Morgan fingerprint density at radius 1 is 1.47 bits per heavy atom. The summed E-state index contributed by atoms with van der Waals surface area (Å²) in [5, 5.41) is 0. The molecular weight excluding hydrogens is 190 g/mol. The molecule has 0 aliphatic rings. The maximum absolute atomic E-state index is 5.50. The minimum absolute atomic E-state index is 0.413. The van der Waals surface area contributed by atoms with Crippen LogP contribution in [0.1, 0.15) is 6.92 Å². The lowest BCUT2D eigenvalue weighted by Gasteiger charge is -2.10. The fourth-order valence-electron chi connectivity index (χ4n) is 1.06. The number of rotatable bonds is 8. The molecular formula is C12H21NO2. The van der Waals surface area contributed by atoms with Gasteiger partial charge in [-0.2, -0.15) is 0 Å². The molecule has 0 aliphatic carbocycles. The number of methoxy groups -OCH3 is 1. The molecule has 0 N–H and O–H groups in total. The lowest BCUT2D eigenvalue weighted by molar-refractivity contribution is 0.0825. The zero-order valence-corrected chi connectivity index (χ0v) is 9.90. The Hall–Kier alpha value is -0.930. The second-order valence-electron chi connectivity index (χ2n) is 3.39. The first kappa shape index (κ1) is 14.1. The van der Waals surface area contributed by atoms with Gasteiger partial charge in [0.2, 0.25) is 0 Å². The monoisotopic (exact) mass is 211 g/mol. The van der Waals surface area contributed by atoms with Gasteiger partial charge in [0.15, 0.2) is 0 Å². The molecule has 0 spiro atoms. The summed E-state index contributed by atoms with van der Waals surface area (Å²) in [5.41, 5.74) is 0.916. The molecule has 0 heterocycles. The van der Waals surface area contributed by atoms with Gasteiger partial charge in [0.05, 0.1) is 25.5 Å². The van der Waals surface area contributed by atoms with E-state index < -0.39 is 0 Å². The van der Waals surface area contributed by atoms with E-state index in [4.69, 9.17) is 9.47 Å². The molecule has 1 atom stereocenters. The van der Waals surface area contributed by atoms with Gasteiger partial charge in [0.1, 0.15) is 0 Å². The summed E-state index contributed by atoms with van der Waals surface area (Å²) in [6.07, 6.45) is 5.47. The largest absolute Gasteiger partial charge is 0.384 e. The van der Waals surface area contributed by atoms with E-state index >= 15 is 0 Å². The summed E-state index contributed by atoms with van der Waals surface area (Å²) in [7, 11) is 3.45. The maximum atomic E-state index is 5.50. The Morgan fingerprint density at radius 2 is 2.20 bits per heavy atom. The Kier molecular flexibility index (Phi) is 9.02. The van der Waals surface area contributed by atoms with E-state index in [-0.39, 0.29) is 0 Å². The zero-order chi connectivity index (χ0) is 11.5. The molecule has 3 nitrogen and oxygen atoms in total. The summed E-state index contributed by atoms with van der Waals surface area (Å²) in [4.78, 5) is 4.09. The van der Waals surface area contributed by atoms with Gasteiger partial charge in [-0.15, -0.1) is 0 Å². The lowest BCUT2D eigenvalue weighted by Crippen LogP contribution is -2.15. The summed E-state index contributed by atoms with van der Waals surface area (Å²) in [6, 6.07) is 0. The molecule has 0 aliphatic heterocycles. The van der Waals surface area contributed by atoms with Gasteiger partial charge in [0, 0.05) is 20.1 Å². The highest BCUT2D eigenvalue weighted by molar-refractivity contribution is 5.96. The van der Waals surface area contributed by atoms with E-state index in [1.165, 1.54) is 0 Å². The van der Waals surface area contributed by atoms with Crippen molar-refractivity contribution in [1.29, 1.82) is 0 Å². The van der Waals surface area contributed by atoms with Crippen LogP contribution in [0.15, 0.2) is 29.8 Å². The highest BCUT2D eigenvalue weighted by Gasteiger charge is 2.01. The molecule has 3 heteroatoms. The second-order valence-corrected chi connectivity index (χ2v) is 3.39. The molecule has 0 fully saturated rings.